The molecule has 82 valence electrons. The van der Waals surface area contributed by atoms with Gasteiger partial charge < -0.3 is 10.6 Å². The highest BCUT2D eigenvalue weighted by molar-refractivity contribution is 7.80. The van der Waals surface area contributed by atoms with Gasteiger partial charge in [0.1, 0.15) is 10.8 Å². The molecule has 0 saturated carbocycles. The first kappa shape index (κ1) is 10.8. The maximum atomic E-state index is 5.73. The normalized spacial score (nSPS) is 10.4. The number of nitrogens with zero attached hydrogens (tertiary/aromatic N) is 2. The highest BCUT2D eigenvalue weighted by atomic mass is 32.1. The summed E-state index contributed by atoms with van der Waals surface area (Å²) in [5.41, 5.74) is 7.53. The summed E-state index contributed by atoms with van der Waals surface area (Å²) in [7, 11) is 3.89. The number of aromatic nitrogens is 1. The lowest BCUT2D eigenvalue weighted by Crippen LogP contribution is -2.15. The van der Waals surface area contributed by atoms with E-state index in [2.05, 4.69) is 4.98 Å². The van der Waals surface area contributed by atoms with Gasteiger partial charge in [-0.15, -0.1) is 0 Å². The van der Waals surface area contributed by atoms with Gasteiger partial charge in [-0.25, -0.2) is 4.98 Å². The Labute approximate surface area is 99.9 Å². The Kier molecular flexibility index (Phi) is 2.75. The number of hydrogen-bond acceptors (Lipinski definition) is 3. The molecule has 0 amide bonds. The van der Waals surface area contributed by atoms with Crippen LogP contribution in [0.4, 0.5) is 5.82 Å². The molecule has 1 heterocycles. The van der Waals surface area contributed by atoms with Crippen LogP contribution in [0.5, 0.6) is 0 Å². The van der Waals surface area contributed by atoms with Gasteiger partial charge in [-0.05, 0) is 12.1 Å². The molecule has 2 N–H and O–H groups in total. The van der Waals surface area contributed by atoms with Crippen LogP contribution in [0.15, 0.2) is 30.3 Å². The van der Waals surface area contributed by atoms with Gasteiger partial charge in [-0.1, -0.05) is 30.4 Å². The Hall–Kier alpha value is -1.68. The van der Waals surface area contributed by atoms with E-state index in [0.717, 1.165) is 22.3 Å². The molecule has 0 unspecified atom stereocenters. The van der Waals surface area contributed by atoms with E-state index in [1.807, 2.05) is 49.3 Å². The second-order valence-corrected chi connectivity index (χ2v) is 4.24. The van der Waals surface area contributed by atoms with E-state index in [1.54, 1.807) is 0 Å². The summed E-state index contributed by atoms with van der Waals surface area (Å²) in [5.74, 6) is 0.863. The average molecular weight is 231 g/mol. The minimum absolute atomic E-state index is 0.404. The number of benzene rings is 1. The first-order chi connectivity index (χ1) is 7.59. The molecule has 0 spiro atoms. The van der Waals surface area contributed by atoms with Crippen LogP contribution in [0.3, 0.4) is 0 Å². The summed E-state index contributed by atoms with van der Waals surface area (Å²) in [6.07, 6.45) is 0. The molecule has 3 nitrogen and oxygen atoms in total. The summed E-state index contributed by atoms with van der Waals surface area (Å²) < 4.78 is 0. The number of rotatable bonds is 2. The van der Waals surface area contributed by atoms with Crippen LogP contribution in [0.1, 0.15) is 5.56 Å². The largest absolute Gasteiger partial charge is 0.389 e. The summed E-state index contributed by atoms with van der Waals surface area (Å²) in [6.45, 7) is 0. The first-order valence-corrected chi connectivity index (χ1v) is 5.37. The second-order valence-electron chi connectivity index (χ2n) is 3.80. The van der Waals surface area contributed by atoms with Gasteiger partial charge >= 0.3 is 0 Å². The topological polar surface area (TPSA) is 42.1 Å². The zero-order valence-electron chi connectivity index (χ0n) is 9.27. The van der Waals surface area contributed by atoms with Crippen molar-refractivity contribution in [1.82, 2.24) is 4.98 Å². The van der Waals surface area contributed by atoms with Crippen molar-refractivity contribution in [2.24, 2.45) is 5.73 Å². The van der Waals surface area contributed by atoms with Crippen LogP contribution < -0.4 is 10.6 Å². The predicted octanol–water partition coefficient (Wildman–Crippen LogP) is 1.93. The Bertz CT molecular complexity index is 549. The molecule has 0 aliphatic carbocycles. The highest BCUT2D eigenvalue weighted by Gasteiger charge is 2.08. The van der Waals surface area contributed by atoms with Gasteiger partial charge in [0.05, 0.1) is 5.52 Å². The zero-order valence-corrected chi connectivity index (χ0v) is 10.1. The molecule has 0 fully saturated rings. The van der Waals surface area contributed by atoms with Gasteiger partial charge in [-0.3, -0.25) is 0 Å². The molecule has 16 heavy (non-hydrogen) atoms. The van der Waals surface area contributed by atoms with Crippen LogP contribution >= 0.6 is 12.2 Å². The fourth-order valence-electron chi connectivity index (χ4n) is 1.59. The average Bonchev–Trinajstić information content (AvgIpc) is 2.27. The van der Waals surface area contributed by atoms with E-state index in [9.17, 15) is 0 Å². The Morgan fingerprint density at radius 2 is 2.00 bits per heavy atom. The number of anilines is 1. The third-order valence-corrected chi connectivity index (χ3v) is 2.65. The number of thiocarbonyl (C=S) groups is 1. The molecule has 0 saturated heterocycles. The maximum absolute atomic E-state index is 5.73. The van der Waals surface area contributed by atoms with Crippen molar-refractivity contribution in [3.05, 3.63) is 35.9 Å². The third kappa shape index (κ3) is 1.84. The van der Waals surface area contributed by atoms with Gasteiger partial charge in [-0.2, -0.15) is 0 Å². The molecule has 1 aromatic carbocycles. The van der Waals surface area contributed by atoms with E-state index in [0.29, 0.717) is 4.99 Å². The Balaban J connectivity index is 2.79. The molecule has 0 radical (unpaired) electrons. The van der Waals surface area contributed by atoms with Crippen molar-refractivity contribution in [2.45, 2.75) is 0 Å². The Morgan fingerprint density at radius 1 is 1.31 bits per heavy atom. The van der Waals surface area contributed by atoms with E-state index in [4.69, 9.17) is 18.0 Å². The van der Waals surface area contributed by atoms with Crippen molar-refractivity contribution in [2.75, 3.05) is 19.0 Å². The van der Waals surface area contributed by atoms with Gasteiger partial charge in [0.2, 0.25) is 0 Å². The maximum Gasteiger partial charge on any atom is 0.129 e. The number of para-hydroxylation sites is 1. The molecule has 2 aromatic rings. The monoisotopic (exact) mass is 231 g/mol. The SMILES string of the molecule is CN(C)c1cc(C(N)=S)c2ccccc2n1. The van der Waals surface area contributed by atoms with Crippen molar-refractivity contribution in [3.63, 3.8) is 0 Å². The van der Waals surface area contributed by atoms with Crippen LogP contribution in [0, 0.1) is 0 Å². The van der Waals surface area contributed by atoms with Crippen LogP contribution in [0.25, 0.3) is 10.9 Å². The van der Waals surface area contributed by atoms with Gasteiger partial charge in [0.15, 0.2) is 0 Å². The van der Waals surface area contributed by atoms with Gasteiger partial charge in [0.25, 0.3) is 0 Å². The molecule has 0 atom stereocenters. The minimum Gasteiger partial charge on any atom is -0.389 e. The summed E-state index contributed by atoms with van der Waals surface area (Å²) in [5, 5.41) is 1.00. The van der Waals surface area contributed by atoms with Crippen molar-refractivity contribution in [1.29, 1.82) is 0 Å². The quantitative estimate of drug-likeness (QED) is 0.802. The molecular weight excluding hydrogens is 218 g/mol. The molecule has 4 heteroatoms. The van der Waals surface area contributed by atoms with E-state index < -0.39 is 0 Å². The smallest absolute Gasteiger partial charge is 0.129 e. The molecule has 2 rings (SSSR count). The highest BCUT2D eigenvalue weighted by Crippen LogP contribution is 2.21. The lowest BCUT2D eigenvalue weighted by Gasteiger charge is -2.14. The second kappa shape index (κ2) is 4.06. The standard InChI is InChI=1S/C12H13N3S/c1-15(2)11-7-9(12(13)16)8-5-3-4-6-10(8)14-11/h3-7H,1-2H3,(H2,13,16). The molecular formula is C12H13N3S. The number of fused-ring (bicyclic) bond motifs is 1. The van der Waals surface area contributed by atoms with Gasteiger partial charge in [0, 0.05) is 25.0 Å². The van der Waals surface area contributed by atoms with Crippen LogP contribution in [-0.2, 0) is 0 Å². The molecule has 0 aliphatic heterocycles. The van der Waals surface area contributed by atoms with E-state index in [-0.39, 0.29) is 0 Å². The van der Waals surface area contributed by atoms with Crippen molar-refractivity contribution in [3.8, 4) is 0 Å². The third-order valence-electron chi connectivity index (χ3n) is 2.43. The molecule has 0 bridgehead atoms. The lowest BCUT2D eigenvalue weighted by molar-refractivity contribution is 1.08. The van der Waals surface area contributed by atoms with E-state index in [1.165, 1.54) is 0 Å². The summed E-state index contributed by atoms with van der Waals surface area (Å²) >= 11 is 5.07. The fourth-order valence-corrected chi connectivity index (χ4v) is 1.76. The number of hydrogen-bond donors (Lipinski definition) is 1. The van der Waals surface area contributed by atoms with Crippen LogP contribution in [-0.4, -0.2) is 24.1 Å². The molecule has 0 aliphatic rings. The predicted molar refractivity (Wildman–Crippen MR) is 72.0 cm³/mol. The van der Waals surface area contributed by atoms with Crippen molar-refractivity contribution < 1.29 is 0 Å². The van der Waals surface area contributed by atoms with E-state index >= 15 is 0 Å². The number of pyridine rings is 1. The lowest BCUT2D eigenvalue weighted by atomic mass is 10.1. The minimum atomic E-state index is 0.404. The number of nitrogens with two attached hydrogens (primary N) is 1. The van der Waals surface area contributed by atoms with Crippen LogP contribution in [0.2, 0.25) is 0 Å². The molecule has 1 aromatic heterocycles. The zero-order chi connectivity index (χ0) is 11.7. The Morgan fingerprint density at radius 3 is 2.62 bits per heavy atom. The van der Waals surface area contributed by atoms with Crippen molar-refractivity contribution >= 4 is 33.9 Å². The first-order valence-electron chi connectivity index (χ1n) is 4.96. The summed E-state index contributed by atoms with van der Waals surface area (Å²) in [4.78, 5) is 6.87. The summed E-state index contributed by atoms with van der Waals surface area (Å²) in [6, 6.07) is 9.78. The fraction of sp³-hybridized carbons (Fsp3) is 0.167.